The number of anilines is 1. The molecule has 0 heterocycles. The van der Waals surface area contributed by atoms with Crippen molar-refractivity contribution in [1.29, 1.82) is 0 Å². The molecule has 0 spiro atoms. The van der Waals surface area contributed by atoms with Crippen LogP contribution in [0.25, 0.3) is 0 Å². The van der Waals surface area contributed by atoms with Crippen LogP contribution in [0.3, 0.4) is 0 Å². The van der Waals surface area contributed by atoms with Crippen molar-refractivity contribution in [3.63, 3.8) is 0 Å². The summed E-state index contributed by atoms with van der Waals surface area (Å²) in [6.07, 6.45) is 4.66. The van der Waals surface area contributed by atoms with E-state index in [0.717, 1.165) is 37.9 Å². The fourth-order valence-electron chi connectivity index (χ4n) is 2.26. The molecule has 0 aromatic heterocycles. The van der Waals surface area contributed by atoms with Crippen LogP contribution in [0.5, 0.6) is 0 Å². The molecule has 0 aliphatic rings. The van der Waals surface area contributed by atoms with Gasteiger partial charge in [-0.3, -0.25) is 4.79 Å². The number of hydrogen-bond donors (Lipinski definition) is 1. The van der Waals surface area contributed by atoms with Crippen LogP contribution in [0.4, 0.5) is 5.69 Å². The molecule has 2 N–H and O–H groups in total. The molecule has 20 heavy (non-hydrogen) atoms. The first kappa shape index (κ1) is 16.7. The standard InChI is InChI=1S/C17H28N2O/c1-3-4-14-19(16-8-6-5-7-9-16)17(20)11-10-15(2)12-13-18/h5-9,15H,3-4,10-14,18H2,1-2H3. The Labute approximate surface area is 123 Å². The van der Waals surface area contributed by atoms with E-state index in [2.05, 4.69) is 13.8 Å². The molecule has 1 rings (SSSR count). The molecule has 1 unspecified atom stereocenters. The Bertz CT molecular complexity index is 378. The largest absolute Gasteiger partial charge is 0.330 e. The number of carbonyl (C=O) groups excluding carboxylic acids is 1. The first-order chi connectivity index (χ1) is 9.69. The van der Waals surface area contributed by atoms with Crippen molar-refractivity contribution in [2.24, 2.45) is 11.7 Å². The highest BCUT2D eigenvalue weighted by Gasteiger charge is 2.15. The topological polar surface area (TPSA) is 46.3 Å². The van der Waals surface area contributed by atoms with Crippen molar-refractivity contribution in [3.8, 4) is 0 Å². The summed E-state index contributed by atoms with van der Waals surface area (Å²) in [5.74, 6) is 0.751. The first-order valence-corrected chi connectivity index (χ1v) is 7.74. The number of rotatable bonds is 9. The van der Waals surface area contributed by atoms with E-state index in [4.69, 9.17) is 5.73 Å². The van der Waals surface area contributed by atoms with Gasteiger partial charge in [0.2, 0.25) is 5.91 Å². The molecule has 0 aliphatic heterocycles. The highest BCUT2D eigenvalue weighted by Crippen LogP contribution is 2.18. The first-order valence-electron chi connectivity index (χ1n) is 7.74. The summed E-state index contributed by atoms with van der Waals surface area (Å²) in [6, 6.07) is 9.97. The lowest BCUT2D eigenvalue weighted by atomic mass is 10.0. The molecule has 0 fully saturated rings. The van der Waals surface area contributed by atoms with Gasteiger partial charge in [-0.15, -0.1) is 0 Å². The van der Waals surface area contributed by atoms with Crippen LogP contribution in [-0.2, 0) is 4.79 Å². The average Bonchev–Trinajstić information content (AvgIpc) is 2.47. The maximum atomic E-state index is 12.5. The average molecular weight is 276 g/mol. The molecule has 0 saturated heterocycles. The van der Waals surface area contributed by atoms with Gasteiger partial charge in [0.25, 0.3) is 0 Å². The zero-order chi connectivity index (χ0) is 14.8. The van der Waals surface area contributed by atoms with Crippen molar-refractivity contribution >= 4 is 11.6 Å². The third-order valence-electron chi connectivity index (χ3n) is 3.61. The number of hydrogen-bond acceptors (Lipinski definition) is 2. The lowest BCUT2D eigenvalue weighted by Crippen LogP contribution is -2.32. The number of benzene rings is 1. The quantitative estimate of drug-likeness (QED) is 0.749. The van der Waals surface area contributed by atoms with Gasteiger partial charge in [-0.1, -0.05) is 38.5 Å². The van der Waals surface area contributed by atoms with E-state index in [-0.39, 0.29) is 5.91 Å². The van der Waals surface area contributed by atoms with E-state index >= 15 is 0 Å². The van der Waals surface area contributed by atoms with Crippen LogP contribution >= 0.6 is 0 Å². The fourth-order valence-corrected chi connectivity index (χ4v) is 2.26. The fraction of sp³-hybridized carbons (Fsp3) is 0.588. The van der Waals surface area contributed by atoms with Crippen LogP contribution in [0.1, 0.15) is 46.0 Å². The van der Waals surface area contributed by atoms with E-state index < -0.39 is 0 Å². The van der Waals surface area contributed by atoms with Crippen molar-refractivity contribution in [2.75, 3.05) is 18.0 Å². The Kier molecular flexibility index (Phi) is 7.97. The molecule has 0 radical (unpaired) electrons. The molecule has 112 valence electrons. The van der Waals surface area contributed by atoms with Crippen molar-refractivity contribution in [2.45, 2.75) is 46.0 Å². The van der Waals surface area contributed by atoms with Crippen LogP contribution in [0.2, 0.25) is 0 Å². The van der Waals surface area contributed by atoms with Crippen LogP contribution in [-0.4, -0.2) is 19.0 Å². The summed E-state index contributed by atoms with van der Waals surface area (Å²) in [5.41, 5.74) is 6.57. The van der Waals surface area contributed by atoms with E-state index in [0.29, 0.717) is 18.9 Å². The van der Waals surface area contributed by atoms with Gasteiger partial charge in [0.15, 0.2) is 0 Å². The molecule has 1 aromatic rings. The van der Waals surface area contributed by atoms with Crippen LogP contribution < -0.4 is 10.6 Å². The number of amides is 1. The van der Waals surface area contributed by atoms with Crippen molar-refractivity contribution < 1.29 is 4.79 Å². The minimum atomic E-state index is 0.230. The van der Waals surface area contributed by atoms with E-state index in [1.54, 1.807) is 0 Å². The van der Waals surface area contributed by atoms with Crippen molar-refractivity contribution in [3.05, 3.63) is 30.3 Å². The number of carbonyl (C=O) groups is 1. The molecule has 3 heteroatoms. The normalized spacial score (nSPS) is 12.2. The lowest BCUT2D eigenvalue weighted by molar-refractivity contribution is -0.118. The minimum Gasteiger partial charge on any atom is -0.330 e. The second kappa shape index (κ2) is 9.54. The van der Waals surface area contributed by atoms with E-state index in [1.165, 1.54) is 0 Å². The van der Waals surface area contributed by atoms with Crippen molar-refractivity contribution in [1.82, 2.24) is 0 Å². The number of para-hydroxylation sites is 1. The second-order valence-corrected chi connectivity index (χ2v) is 5.46. The van der Waals surface area contributed by atoms with Gasteiger partial charge in [0.1, 0.15) is 0 Å². The monoisotopic (exact) mass is 276 g/mol. The zero-order valence-electron chi connectivity index (χ0n) is 12.8. The molecule has 0 saturated carbocycles. The van der Waals surface area contributed by atoms with E-state index in [1.807, 2.05) is 35.2 Å². The lowest BCUT2D eigenvalue weighted by Gasteiger charge is -2.23. The molecular formula is C17H28N2O. The van der Waals surface area contributed by atoms with Gasteiger partial charge in [0, 0.05) is 18.7 Å². The SMILES string of the molecule is CCCCN(C(=O)CCC(C)CCN)c1ccccc1. The third-order valence-corrected chi connectivity index (χ3v) is 3.61. The maximum Gasteiger partial charge on any atom is 0.226 e. The minimum absolute atomic E-state index is 0.230. The summed E-state index contributed by atoms with van der Waals surface area (Å²) in [6.45, 7) is 5.83. The second-order valence-electron chi connectivity index (χ2n) is 5.46. The molecule has 1 atom stereocenters. The number of nitrogens with two attached hydrogens (primary N) is 1. The van der Waals surface area contributed by atoms with Crippen LogP contribution in [0.15, 0.2) is 30.3 Å². The summed E-state index contributed by atoms with van der Waals surface area (Å²) in [4.78, 5) is 14.4. The Balaban J connectivity index is 2.61. The molecular weight excluding hydrogens is 248 g/mol. The molecule has 0 bridgehead atoms. The summed E-state index contributed by atoms with van der Waals surface area (Å²) in [5, 5.41) is 0. The highest BCUT2D eigenvalue weighted by atomic mass is 16.2. The predicted octanol–water partition coefficient (Wildman–Crippen LogP) is 3.58. The zero-order valence-corrected chi connectivity index (χ0v) is 12.8. The summed E-state index contributed by atoms with van der Waals surface area (Å²) >= 11 is 0. The van der Waals surface area contributed by atoms with Gasteiger partial charge in [0.05, 0.1) is 0 Å². The predicted molar refractivity (Wildman–Crippen MR) is 85.8 cm³/mol. The summed E-state index contributed by atoms with van der Waals surface area (Å²) in [7, 11) is 0. The Morgan fingerprint density at radius 1 is 1.25 bits per heavy atom. The van der Waals surface area contributed by atoms with Gasteiger partial charge in [-0.05, 0) is 43.9 Å². The molecule has 0 aliphatic carbocycles. The summed E-state index contributed by atoms with van der Waals surface area (Å²) < 4.78 is 0. The van der Waals surface area contributed by atoms with Gasteiger partial charge in [-0.25, -0.2) is 0 Å². The Morgan fingerprint density at radius 2 is 1.95 bits per heavy atom. The number of nitrogens with zero attached hydrogens (tertiary/aromatic N) is 1. The highest BCUT2D eigenvalue weighted by molar-refractivity contribution is 5.93. The van der Waals surface area contributed by atoms with Crippen LogP contribution in [0, 0.1) is 5.92 Å². The Morgan fingerprint density at radius 3 is 2.55 bits per heavy atom. The molecule has 3 nitrogen and oxygen atoms in total. The molecule has 1 aromatic carbocycles. The Hall–Kier alpha value is -1.35. The molecule has 1 amide bonds. The maximum absolute atomic E-state index is 12.5. The smallest absolute Gasteiger partial charge is 0.226 e. The third kappa shape index (κ3) is 5.74. The van der Waals surface area contributed by atoms with Gasteiger partial charge < -0.3 is 10.6 Å². The van der Waals surface area contributed by atoms with Gasteiger partial charge >= 0.3 is 0 Å². The number of unbranched alkanes of at least 4 members (excludes halogenated alkanes) is 1. The van der Waals surface area contributed by atoms with Gasteiger partial charge in [-0.2, -0.15) is 0 Å². The van der Waals surface area contributed by atoms with E-state index in [9.17, 15) is 4.79 Å².